The lowest BCUT2D eigenvalue weighted by Crippen LogP contribution is -2.50. The summed E-state index contributed by atoms with van der Waals surface area (Å²) in [6, 6.07) is 0.347. The summed E-state index contributed by atoms with van der Waals surface area (Å²) >= 11 is 7.57. The highest BCUT2D eigenvalue weighted by Crippen LogP contribution is 2.30. The van der Waals surface area contributed by atoms with Crippen molar-refractivity contribution in [2.45, 2.75) is 17.9 Å². The lowest BCUT2D eigenvalue weighted by Gasteiger charge is -2.34. The van der Waals surface area contributed by atoms with Crippen molar-refractivity contribution in [3.63, 3.8) is 0 Å². The Morgan fingerprint density at radius 1 is 1.53 bits per heavy atom. The van der Waals surface area contributed by atoms with E-state index in [-0.39, 0.29) is 0 Å². The molecule has 0 saturated carbocycles. The molecule has 1 atom stereocenters. The molecule has 7 heteroatoms. The zero-order valence-electron chi connectivity index (χ0n) is 9.90. The molecule has 1 aliphatic heterocycles. The third kappa shape index (κ3) is 2.59. The van der Waals surface area contributed by atoms with Gasteiger partial charge in [-0.05, 0) is 13.2 Å². The van der Waals surface area contributed by atoms with Crippen LogP contribution >= 0.6 is 23.4 Å². The van der Waals surface area contributed by atoms with Gasteiger partial charge in [-0.2, -0.15) is 9.97 Å². The lowest BCUT2D eigenvalue weighted by atomic mass is 10.2. The van der Waals surface area contributed by atoms with Gasteiger partial charge in [0, 0.05) is 25.7 Å². The zero-order valence-corrected chi connectivity index (χ0v) is 11.5. The number of thioether (sulfide) groups is 1. The van der Waals surface area contributed by atoms with Crippen molar-refractivity contribution in [2.24, 2.45) is 0 Å². The average molecular weight is 274 g/mol. The first-order valence-electron chi connectivity index (χ1n) is 5.48. The van der Waals surface area contributed by atoms with Gasteiger partial charge in [-0.1, -0.05) is 11.6 Å². The molecule has 3 N–H and O–H groups in total. The molecular formula is C10H16ClN5S. The van der Waals surface area contributed by atoms with Gasteiger partial charge in [-0.25, -0.2) is 0 Å². The third-order valence-corrected chi connectivity index (χ3v) is 4.00. The summed E-state index contributed by atoms with van der Waals surface area (Å²) < 4.78 is 0. The van der Waals surface area contributed by atoms with Crippen LogP contribution in [0.4, 0.5) is 11.8 Å². The standard InChI is InChI=1S/C10H16ClN5S/c1-6-5-13-3-4-16(6)10-14-8(11)7(17-2)9(12)15-10/h6,13H,3-5H2,1-2H3,(H2,12,14,15). The molecule has 0 radical (unpaired) electrons. The number of piperazine rings is 1. The second kappa shape index (κ2) is 5.29. The largest absolute Gasteiger partial charge is 0.383 e. The second-order valence-electron chi connectivity index (χ2n) is 3.98. The highest BCUT2D eigenvalue weighted by atomic mass is 35.5. The van der Waals surface area contributed by atoms with Crippen LogP contribution < -0.4 is 16.0 Å². The number of hydrogen-bond acceptors (Lipinski definition) is 6. The van der Waals surface area contributed by atoms with Gasteiger partial charge in [0.25, 0.3) is 0 Å². The number of rotatable bonds is 2. The summed E-state index contributed by atoms with van der Waals surface area (Å²) in [5.41, 5.74) is 5.89. The van der Waals surface area contributed by atoms with Crippen molar-refractivity contribution >= 4 is 35.1 Å². The van der Waals surface area contributed by atoms with E-state index in [1.54, 1.807) is 0 Å². The number of nitrogen functional groups attached to an aromatic ring is 1. The zero-order chi connectivity index (χ0) is 12.4. The fraction of sp³-hybridized carbons (Fsp3) is 0.600. The molecule has 0 bridgehead atoms. The SMILES string of the molecule is CSc1c(N)nc(N2CCNCC2C)nc1Cl. The first-order valence-corrected chi connectivity index (χ1v) is 7.08. The predicted octanol–water partition coefficient (Wildman–Crippen LogP) is 1.23. The Morgan fingerprint density at radius 2 is 2.29 bits per heavy atom. The number of aromatic nitrogens is 2. The van der Waals surface area contributed by atoms with Gasteiger partial charge >= 0.3 is 0 Å². The normalized spacial score (nSPS) is 20.6. The minimum atomic E-state index is 0.347. The van der Waals surface area contributed by atoms with Crippen LogP contribution in [0.15, 0.2) is 4.90 Å². The molecule has 0 amide bonds. The maximum absolute atomic E-state index is 6.11. The third-order valence-electron chi connectivity index (χ3n) is 2.80. The van der Waals surface area contributed by atoms with Crippen LogP contribution in [-0.2, 0) is 0 Å². The van der Waals surface area contributed by atoms with Gasteiger partial charge in [0.1, 0.15) is 11.0 Å². The first-order chi connectivity index (χ1) is 8.13. The second-order valence-corrected chi connectivity index (χ2v) is 5.15. The van der Waals surface area contributed by atoms with Crippen molar-refractivity contribution in [3.05, 3.63) is 5.15 Å². The minimum absolute atomic E-state index is 0.347. The van der Waals surface area contributed by atoms with E-state index in [1.807, 2.05) is 6.26 Å². The van der Waals surface area contributed by atoms with E-state index in [1.165, 1.54) is 11.8 Å². The van der Waals surface area contributed by atoms with Gasteiger partial charge in [-0.15, -0.1) is 11.8 Å². The number of nitrogens with zero attached hydrogens (tertiary/aromatic N) is 3. The molecular weight excluding hydrogens is 258 g/mol. The van der Waals surface area contributed by atoms with Gasteiger partial charge in [0.15, 0.2) is 0 Å². The van der Waals surface area contributed by atoms with Gasteiger partial charge in [-0.3, -0.25) is 0 Å². The number of hydrogen-bond donors (Lipinski definition) is 2. The molecule has 0 spiro atoms. The Kier molecular flexibility index (Phi) is 3.96. The quantitative estimate of drug-likeness (QED) is 0.624. The van der Waals surface area contributed by atoms with E-state index in [2.05, 4.69) is 27.1 Å². The van der Waals surface area contributed by atoms with Gasteiger partial charge in [0.2, 0.25) is 5.95 Å². The van der Waals surface area contributed by atoms with Crippen molar-refractivity contribution in [1.82, 2.24) is 15.3 Å². The van der Waals surface area contributed by atoms with E-state index in [0.717, 1.165) is 24.5 Å². The Morgan fingerprint density at radius 3 is 2.88 bits per heavy atom. The Balaban J connectivity index is 2.32. The van der Waals surface area contributed by atoms with Gasteiger partial charge < -0.3 is 16.0 Å². The summed E-state index contributed by atoms with van der Waals surface area (Å²) in [5, 5.41) is 3.76. The van der Waals surface area contributed by atoms with E-state index < -0.39 is 0 Å². The summed E-state index contributed by atoms with van der Waals surface area (Å²) in [5.74, 6) is 1.08. The maximum atomic E-state index is 6.11. The van der Waals surface area contributed by atoms with Crippen molar-refractivity contribution < 1.29 is 0 Å². The molecule has 17 heavy (non-hydrogen) atoms. The molecule has 0 aliphatic carbocycles. The van der Waals surface area contributed by atoms with Crippen LogP contribution in [-0.4, -0.2) is 41.9 Å². The molecule has 94 valence electrons. The average Bonchev–Trinajstić information content (AvgIpc) is 2.29. The number of nitrogens with one attached hydrogen (secondary N) is 1. The van der Waals surface area contributed by atoms with Crippen molar-refractivity contribution in [2.75, 3.05) is 36.5 Å². The van der Waals surface area contributed by atoms with Crippen LogP contribution in [0.5, 0.6) is 0 Å². The number of nitrogens with two attached hydrogens (primary N) is 1. The van der Waals surface area contributed by atoms with E-state index in [4.69, 9.17) is 17.3 Å². The molecule has 1 aromatic rings. The fourth-order valence-electron chi connectivity index (χ4n) is 1.88. The highest BCUT2D eigenvalue weighted by Gasteiger charge is 2.22. The minimum Gasteiger partial charge on any atom is -0.383 e. The summed E-state index contributed by atoms with van der Waals surface area (Å²) in [7, 11) is 0. The topological polar surface area (TPSA) is 67.1 Å². The summed E-state index contributed by atoms with van der Waals surface area (Å²) in [6.45, 7) is 4.85. The Labute approximate surface area is 110 Å². The predicted molar refractivity (Wildman–Crippen MR) is 72.9 cm³/mol. The van der Waals surface area contributed by atoms with Crippen LogP contribution in [0.25, 0.3) is 0 Å². The number of anilines is 2. The molecule has 2 rings (SSSR count). The maximum Gasteiger partial charge on any atom is 0.229 e. The first kappa shape index (κ1) is 12.7. The highest BCUT2D eigenvalue weighted by molar-refractivity contribution is 7.98. The van der Waals surface area contributed by atoms with E-state index >= 15 is 0 Å². The lowest BCUT2D eigenvalue weighted by molar-refractivity contribution is 0.493. The Hall–Kier alpha value is -0.720. The number of halogens is 1. The molecule has 1 saturated heterocycles. The van der Waals surface area contributed by atoms with Crippen molar-refractivity contribution in [1.29, 1.82) is 0 Å². The molecule has 0 aromatic carbocycles. The molecule has 1 fully saturated rings. The van der Waals surface area contributed by atoms with Crippen molar-refractivity contribution in [3.8, 4) is 0 Å². The fourth-order valence-corrected chi connectivity index (χ4v) is 2.76. The molecule has 1 aromatic heterocycles. The van der Waals surface area contributed by atoms with Crippen LogP contribution in [0, 0.1) is 0 Å². The summed E-state index contributed by atoms with van der Waals surface area (Å²) in [6.07, 6.45) is 1.91. The van der Waals surface area contributed by atoms with Crippen LogP contribution in [0.3, 0.4) is 0 Å². The van der Waals surface area contributed by atoms with Crippen LogP contribution in [0.2, 0.25) is 5.15 Å². The van der Waals surface area contributed by atoms with E-state index in [9.17, 15) is 0 Å². The Bertz CT molecular complexity index is 391. The van der Waals surface area contributed by atoms with E-state index in [0.29, 0.717) is 23.0 Å². The van der Waals surface area contributed by atoms with Gasteiger partial charge in [0.05, 0.1) is 4.90 Å². The molecule has 1 aliphatic rings. The summed E-state index contributed by atoms with van der Waals surface area (Å²) in [4.78, 5) is 11.5. The monoisotopic (exact) mass is 273 g/mol. The molecule has 5 nitrogen and oxygen atoms in total. The smallest absolute Gasteiger partial charge is 0.229 e. The van der Waals surface area contributed by atoms with Crippen LogP contribution in [0.1, 0.15) is 6.92 Å². The molecule has 1 unspecified atom stereocenters. The molecule has 2 heterocycles.